The third-order valence-electron chi connectivity index (χ3n) is 3.93. The minimum atomic E-state index is -3.45. The lowest BCUT2D eigenvalue weighted by atomic mass is 10.3. The van der Waals surface area contributed by atoms with E-state index in [9.17, 15) is 8.42 Å². The maximum absolute atomic E-state index is 12.6. The number of halogens is 1. The Labute approximate surface area is 153 Å². The summed E-state index contributed by atoms with van der Waals surface area (Å²) in [5.74, 6) is 0. The van der Waals surface area contributed by atoms with Gasteiger partial charge in [0, 0.05) is 26.2 Å². The molecule has 1 aliphatic rings. The van der Waals surface area contributed by atoms with Crippen molar-refractivity contribution in [3.05, 3.63) is 40.7 Å². The highest BCUT2D eigenvalue weighted by molar-refractivity contribution is 7.91. The number of benzene rings is 1. The van der Waals surface area contributed by atoms with Crippen molar-refractivity contribution in [1.29, 1.82) is 0 Å². The van der Waals surface area contributed by atoms with Gasteiger partial charge in [0.15, 0.2) is 5.13 Å². The fraction of sp³-hybridized carbons (Fsp3) is 0.267. The first-order chi connectivity index (χ1) is 11.5. The molecule has 0 bridgehead atoms. The summed E-state index contributed by atoms with van der Waals surface area (Å²) in [6.07, 6.45) is 0. The molecular weight excluding hydrogens is 386 g/mol. The summed E-state index contributed by atoms with van der Waals surface area (Å²) in [4.78, 5) is 6.80. The molecule has 0 unspecified atom stereocenters. The number of para-hydroxylation sites is 1. The quantitative estimate of drug-likeness (QED) is 0.676. The van der Waals surface area contributed by atoms with Gasteiger partial charge in [-0.25, -0.2) is 13.4 Å². The molecule has 0 N–H and O–H groups in total. The Bertz CT molecular complexity index is 942. The first-order valence-corrected chi connectivity index (χ1v) is 10.9. The minimum absolute atomic E-state index is 0.306. The molecule has 0 amide bonds. The predicted octanol–water partition coefficient (Wildman–Crippen LogP) is 3.52. The highest BCUT2D eigenvalue weighted by atomic mass is 35.5. The maximum Gasteiger partial charge on any atom is 0.252 e. The van der Waals surface area contributed by atoms with E-state index in [1.807, 2.05) is 18.2 Å². The number of nitrogens with zero attached hydrogens (tertiary/aromatic N) is 3. The zero-order valence-electron chi connectivity index (χ0n) is 12.6. The van der Waals surface area contributed by atoms with E-state index in [4.69, 9.17) is 11.6 Å². The summed E-state index contributed by atoms with van der Waals surface area (Å²) in [6, 6.07) is 11.2. The number of rotatable bonds is 3. The molecule has 0 radical (unpaired) electrons. The Morgan fingerprint density at radius 2 is 1.75 bits per heavy atom. The Morgan fingerprint density at radius 3 is 2.42 bits per heavy atom. The summed E-state index contributed by atoms with van der Waals surface area (Å²) in [5.41, 5.74) is 0.987. The van der Waals surface area contributed by atoms with Crippen LogP contribution < -0.4 is 4.90 Å². The van der Waals surface area contributed by atoms with Crippen LogP contribution in [-0.4, -0.2) is 43.9 Å². The highest BCUT2D eigenvalue weighted by Gasteiger charge is 2.30. The van der Waals surface area contributed by atoms with E-state index in [0.29, 0.717) is 34.7 Å². The summed E-state index contributed by atoms with van der Waals surface area (Å²) < 4.78 is 28.7. The number of hydrogen-bond acceptors (Lipinski definition) is 6. The van der Waals surface area contributed by atoms with Gasteiger partial charge in [-0.15, -0.1) is 11.3 Å². The molecule has 1 fully saturated rings. The number of piperazine rings is 1. The SMILES string of the molecule is O=S(=O)(c1ccc(Cl)s1)N1CCN(c2nc3ccccc3s2)CC1. The van der Waals surface area contributed by atoms with Crippen molar-refractivity contribution in [1.82, 2.24) is 9.29 Å². The van der Waals surface area contributed by atoms with Crippen molar-refractivity contribution in [2.75, 3.05) is 31.1 Å². The molecule has 5 nitrogen and oxygen atoms in total. The van der Waals surface area contributed by atoms with E-state index in [0.717, 1.165) is 26.7 Å². The lowest BCUT2D eigenvalue weighted by molar-refractivity contribution is 0.386. The second-order valence-corrected chi connectivity index (χ2v) is 10.3. The van der Waals surface area contributed by atoms with Gasteiger partial charge in [-0.2, -0.15) is 4.31 Å². The van der Waals surface area contributed by atoms with Crippen molar-refractivity contribution in [2.24, 2.45) is 0 Å². The molecule has 1 aromatic carbocycles. The lowest BCUT2D eigenvalue weighted by Gasteiger charge is -2.33. The minimum Gasteiger partial charge on any atom is -0.345 e. The third-order valence-corrected chi connectivity index (χ3v) is 8.63. The van der Waals surface area contributed by atoms with E-state index in [1.54, 1.807) is 23.5 Å². The van der Waals surface area contributed by atoms with Crippen LogP contribution in [0.4, 0.5) is 5.13 Å². The molecule has 3 heterocycles. The van der Waals surface area contributed by atoms with Crippen LogP contribution in [0.25, 0.3) is 10.2 Å². The first-order valence-electron chi connectivity index (χ1n) is 7.40. The first kappa shape index (κ1) is 16.3. The van der Waals surface area contributed by atoms with Gasteiger partial charge in [0.2, 0.25) is 0 Å². The van der Waals surface area contributed by atoms with E-state index in [1.165, 1.54) is 4.31 Å². The average Bonchev–Trinajstić information content (AvgIpc) is 3.21. The van der Waals surface area contributed by atoms with E-state index < -0.39 is 10.0 Å². The number of thiazole rings is 1. The Morgan fingerprint density at radius 1 is 1.00 bits per heavy atom. The van der Waals surface area contributed by atoms with E-state index in [-0.39, 0.29) is 0 Å². The van der Waals surface area contributed by atoms with Gasteiger partial charge in [-0.05, 0) is 24.3 Å². The van der Waals surface area contributed by atoms with Gasteiger partial charge in [0.1, 0.15) is 4.21 Å². The van der Waals surface area contributed by atoms with Crippen LogP contribution in [0, 0.1) is 0 Å². The van der Waals surface area contributed by atoms with Crippen LogP contribution in [0.1, 0.15) is 0 Å². The number of anilines is 1. The molecule has 4 rings (SSSR count). The van der Waals surface area contributed by atoms with Crippen LogP contribution in [0.5, 0.6) is 0 Å². The van der Waals surface area contributed by atoms with Crippen molar-refractivity contribution in [3.8, 4) is 0 Å². The molecule has 0 atom stereocenters. The van der Waals surface area contributed by atoms with Crippen molar-refractivity contribution >= 4 is 59.6 Å². The fourth-order valence-corrected chi connectivity index (χ4v) is 6.76. The smallest absolute Gasteiger partial charge is 0.252 e. The molecule has 0 spiro atoms. The zero-order chi connectivity index (χ0) is 16.7. The number of thiophene rings is 1. The number of sulfonamides is 1. The molecule has 24 heavy (non-hydrogen) atoms. The third kappa shape index (κ3) is 2.93. The maximum atomic E-state index is 12.6. The summed E-state index contributed by atoms with van der Waals surface area (Å²) in [7, 11) is -3.45. The highest BCUT2D eigenvalue weighted by Crippen LogP contribution is 2.31. The second kappa shape index (κ2) is 6.27. The second-order valence-electron chi connectivity index (χ2n) is 5.41. The van der Waals surface area contributed by atoms with E-state index >= 15 is 0 Å². The Kier molecular flexibility index (Phi) is 4.26. The topological polar surface area (TPSA) is 53.5 Å². The summed E-state index contributed by atoms with van der Waals surface area (Å²) in [5, 5.41) is 0.951. The van der Waals surface area contributed by atoms with Gasteiger partial charge in [-0.3, -0.25) is 0 Å². The summed E-state index contributed by atoms with van der Waals surface area (Å²) >= 11 is 8.61. The van der Waals surface area contributed by atoms with Crippen LogP contribution in [0.15, 0.2) is 40.6 Å². The molecule has 3 aromatic rings. The fourth-order valence-electron chi connectivity index (χ4n) is 2.68. The molecule has 1 saturated heterocycles. The molecule has 9 heteroatoms. The molecule has 2 aromatic heterocycles. The Hall–Kier alpha value is -1.19. The number of fused-ring (bicyclic) bond motifs is 1. The largest absolute Gasteiger partial charge is 0.345 e. The van der Waals surface area contributed by atoms with Gasteiger partial charge >= 0.3 is 0 Å². The zero-order valence-corrected chi connectivity index (χ0v) is 15.8. The lowest BCUT2D eigenvalue weighted by Crippen LogP contribution is -2.48. The molecule has 1 aliphatic heterocycles. The predicted molar refractivity (Wildman–Crippen MR) is 99.9 cm³/mol. The molecule has 0 saturated carbocycles. The summed E-state index contributed by atoms with van der Waals surface area (Å²) in [6.45, 7) is 2.18. The van der Waals surface area contributed by atoms with Crippen molar-refractivity contribution < 1.29 is 8.42 Å². The van der Waals surface area contributed by atoms with Crippen LogP contribution in [0.3, 0.4) is 0 Å². The van der Waals surface area contributed by atoms with Crippen LogP contribution in [0.2, 0.25) is 4.34 Å². The standard InChI is InChI=1S/C15H14ClN3O2S3/c16-13-5-6-14(23-13)24(20,21)19-9-7-18(8-10-19)15-17-11-3-1-2-4-12(11)22-15/h1-6H,7-10H2. The van der Waals surface area contributed by atoms with Gasteiger partial charge in [0.25, 0.3) is 10.0 Å². The average molecular weight is 400 g/mol. The van der Waals surface area contributed by atoms with Crippen molar-refractivity contribution in [3.63, 3.8) is 0 Å². The number of hydrogen-bond donors (Lipinski definition) is 0. The van der Waals surface area contributed by atoms with Crippen molar-refractivity contribution in [2.45, 2.75) is 4.21 Å². The normalized spacial score (nSPS) is 16.8. The monoisotopic (exact) mass is 399 g/mol. The van der Waals surface area contributed by atoms with Gasteiger partial charge in [-0.1, -0.05) is 35.1 Å². The van der Waals surface area contributed by atoms with Gasteiger partial charge < -0.3 is 4.90 Å². The number of aromatic nitrogens is 1. The molecule has 0 aliphatic carbocycles. The van der Waals surface area contributed by atoms with Gasteiger partial charge in [0.05, 0.1) is 14.6 Å². The van der Waals surface area contributed by atoms with E-state index in [2.05, 4.69) is 16.0 Å². The van der Waals surface area contributed by atoms with Crippen LogP contribution in [-0.2, 0) is 10.0 Å². The molecule has 126 valence electrons. The molecular formula is C15H14ClN3O2S3. The van der Waals surface area contributed by atoms with Crippen LogP contribution >= 0.6 is 34.3 Å². The Balaban J connectivity index is 1.50.